The number of carbonyl (C=O) groups excluding carboxylic acids is 1. The minimum Gasteiger partial charge on any atom is -0.444 e. The zero-order valence-electron chi connectivity index (χ0n) is 26.4. The van der Waals surface area contributed by atoms with Crippen LogP contribution in [0.4, 0.5) is 29.7 Å². The van der Waals surface area contributed by atoms with Crippen LogP contribution in [0.5, 0.6) is 0 Å². The molecule has 0 saturated heterocycles. The van der Waals surface area contributed by atoms with E-state index < -0.39 is 38.4 Å². The third kappa shape index (κ3) is 10.4. The Morgan fingerprint density at radius 2 is 1.50 bits per heavy atom. The van der Waals surface area contributed by atoms with Crippen LogP contribution in [-0.4, -0.2) is 56.3 Å². The number of hydrogen-bond donors (Lipinski definition) is 4. The van der Waals surface area contributed by atoms with E-state index in [0.717, 1.165) is 67.4 Å². The van der Waals surface area contributed by atoms with Crippen LogP contribution in [0.1, 0.15) is 64.9 Å². The first-order chi connectivity index (χ1) is 21.7. The zero-order valence-corrected chi connectivity index (χ0v) is 27.2. The Bertz CT molecular complexity index is 1570. The van der Waals surface area contributed by atoms with Crippen molar-refractivity contribution in [1.29, 1.82) is 0 Å². The fourth-order valence-corrected chi connectivity index (χ4v) is 6.71. The number of carbonyl (C=O) groups is 1. The van der Waals surface area contributed by atoms with Crippen molar-refractivity contribution in [3.05, 3.63) is 54.1 Å². The number of alkyl halides is 3. The van der Waals surface area contributed by atoms with Gasteiger partial charge in [0.25, 0.3) is 0 Å². The van der Waals surface area contributed by atoms with Crippen LogP contribution in [0.15, 0.2) is 53.4 Å². The number of para-hydroxylation sites is 1. The van der Waals surface area contributed by atoms with Crippen molar-refractivity contribution in [1.82, 2.24) is 20.0 Å². The lowest BCUT2D eigenvalue weighted by atomic mass is 9.82. The van der Waals surface area contributed by atoms with E-state index in [9.17, 15) is 26.4 Å². The number of benzene rings is 2. The number of amides is 1. The number of anilines is 2. The Hall–Kier alpha value is -3.65. The molecule has 3 aromatic rings. The summed E-state index contributed by atoms with van der Waals surface area (Å²) in [5.74, 6) is 1.58. The molecule has 10 nitrogen and oxygen atoms in total. The molecule has 0 aliphatic heterocycles. The number of sulfonamides is 1. The van der Waals surface area contributed by atoms with E-state index in [2.05, 4.69) is 25.7 Å². The quantitative estimate of drug-likeness (QED) is 0.151. The van der Waals surface area contributed by atoms with Crippen molar-refractivity contribution in [2.45, 2.75) is 76.0 Å². The first kappa shape index (κ1) is 35.2. The number of hydrogen-bond acceptors (Lipinski definition) is 8. The standard InChI is InChI=1S/C32H43F3N6O4S/c1-31(2,3)45-30(42)37-19-9-8-18-36-28-24-10-4-6-12-26(24)40-29(41-28)38-20-22-14-16-23(17-15-22)21-39-46(43,44)27-13-7-5-11-25(27)32(33,34)35/h4-7,10-13,22-23,39H,8-9,14-21H2,1-3H3,(H,37,42)(H2,36,38,40,41). The summed E-state index contributed by atoms with van der Waals surface area (Å²) in [7, 11) is -4.30. The Morgan fingerprint density at radius 3 is 2.20 bits per heavy atom. The molecule has 1 heterocycles. The Balaban J connectivity index is 1.24. The van der Waals surface area contributed by atoms with Crippen molar-refractivity contribution < 1.29 is 31.1 Å². The van der Waals surface area contributed by atoms with Gasteiger partial charge in [-0.3, -0.25) is 0 Å². The molecule has 252 valence electrons. The van der Waals surface area contributed by atoms with Crippen LogP contribution >= 0.6 is 0 Å². The number of ether oxygens (including phenoxy) is 1. The largest absolute Gasteiger partial charge is 0.444 e. The highest BCUT2D eigenvalue weighted by Crippen LogP contribution is 2.34. The van der Waals surface area contributed by atoms with Crippen LogP contribution in [0, 0.1) is 11.8 Å². The summed E-state index contributed by atoms with van der Waals surface area (Å²) in [6.07, 6.45) is -0.417. The Morgan fingerprint density at radius 1 is 0.870 bits per heavy atom. The van der Waals surface area contributed by atoms with Crippen molar-refractivity contribution in [2.75, 3.05) is 36.8 Å². The summed E-state index contributed by atoms with van der Waals surface area (Å²) >= 11 is 0. The molecule has 1 saturated carbocycles. The smallest absolute Gasteiger partial charge is 0.417 e. The lowest BCUT2D eigenvalue weighted by molar-refractivity contribution is -0.139. The molecule has 4 N–H and O–H groups in total. The second kappa shape index (κ2) is 15.3. The molecule has 2 aromatic carbocycles. The number of alkyl carbamates (subject to hydrolysis) is 1. The summed E-state index contributed by atoms with van der Waals surface area (Å²) in [5, 5.41) is 10.4. The maximum atomic E-state index is 13.3. The first-order valence-corrected chi connectivity index (χ1v) is 17.1. The van der Waals surface area contributed by atoms with Gasteiger partial charge in [0.2, 0.25) is 16.0 Å². The van der Waals surface area contributed by atoms with Crippen LogP contribution in [0.3, 0.4) is 0 Å². The lowest BCUT2D eigenvalue weighted by Crippen LogP contribution is -2.33. The predicted molar refractivity (Wildman–Crippen MR) is 172 cm³/mol. The molecule has 14 heteroatoms. The number of unbranched alkanes of at least 4 members (excludes halogenated alkanes) is 1. The van der Waals surface area contributed by atoms with Crippen molar-refractivity contribution >= 4 is 38.8 Å². The molecule has 0 unspecified atom stereocenters. The number of aromatic nitrogens is 2. The molecule has 1 aliphatic rings. The molecule has 0 atom stereocenters. The maximum absolute atomic E-state index is 13.3. The highest BCUT2D eigenvalue weighted by atomic mass is 32.2. The molecule has 1 aromatic heterocycles. The summed E-state index contributed by atoms with van der Waals surface area (Å²) in [6.45, 7) is 7.37. The van der Waals surface area contributed by atoms with Gasteiger partial charge < -0.3 is 20.7 Å². The van der Waals surface area contributed by atoms with E-state index >= 15 is 0 Å². The molecule has 1 fully saturated rings. The summed E-state index contributed by atoms with van der Waals surface area (Å²) in [4.78, 5) is 20.4. The van der Waals surface area contributed by atoms with Gasteiger partial charge in [-0.2, -0.15) is 18.2 Å². The molecule has 1 amide bonds. The van der Waals surface area contributed by atoms with Gasteiger partial charge in [0.1, 0.15) is 11.4 Å². The first-order valence-electron chi connectivity index (χ1n) is 15.6. The fourth-order valence-electron chi connectivity index (χ4n) is 5.37. The van der Waals surface area contributed by atoms with Gasteiger partial charge in [-0.25, -0.2) is 22.9 Å². The predicted octanol–water partition coefficient (Wildman–Crippen LogP) is 6.56. The number of fused-ring (bicyclic) bond motifs is 1. The number of halogens is 3. The van der Waals surface area contributed by atoms with E-state index in [4.69, 9.17) is 9.72 Å². The van der Waals surface area contributed by atoms with Gasteiger partial charge in [-0.1, -0.05) is 24.3 Å². The van der Waals surface area contributed by atoms with E-state index in [1.807, 2.05) is 45.0 Å². The molecule has 4 rings (SSSR count). The van der Waals surface area contributed by atoms with Gasteiger partial charge in [-0.05, 0) is 95.4 Å². The molecule has 0 spiro atoms. The van der Waals surface area contributed by atoms with E-state index in [0.29, 0.717) is 31.5 Å². The van der Waals surface area contributed by atoms with Gasteiger partial charge in [-0.15, -0.1) is 0 Å². The molecule has 0 radical (unpaired) electrons. The molecule has 1 aliphatic carbocycles. The number of nitrogens with one attached hydrogen (secondary N) is 4. The second-order valence-electron chi connectivity index (χ2n) is 12.6. The van der Waals surface area contributed by atoms with E-state index in [1.54, 1.807) is 0 Å². The second-order valence-corrected chi connectivity index (χ2v) is 14.3. The van der Waals surface area contributed by atoms with Gasteiger partial charge in [0.05, 0.1) is 16.0 Å². The van der Waals surface area contributed by atoms with Crippen molar-refractivity contribution in [2.24, 2.45) is 11.8 Å². The van der Waals surface area contributed by atoms with E-state index in [-0.39, 0.29) is 12.5 Å². The normalized spacial score (nSPS) is 17.4. The SMILES string of the molecule is CC(C)(C)OC(=O)NCCCCNc1nc(NCC2CCC(CNS(=O)(=O)c3ccccc3C(F)(F)F)CC2)nc2ccccc12. The van der Waals surface area contributed by atoms with Gasteiger partial charge >= 0.3 is 12.3 Å². The Kier molecular flexibility index (Phi) is 11.7. The van der Waals surface area contributed by atoms with Crippen LogP contribution in [0.25, 0.3) is 10.9 Å². The van der Waals surface area contributed by atoms with E-state index in [1.165, 1.54) is 12.1 Å². The van der Waals surface area contributed by atoms with Gasteiger partial charge in [0.15, 0.2) is 0 Å². The van der Waals surface area contributed by atoms with Crippen LogP contribution < -0.4 is 20.7 Å². The minimum atomic E-state index is -4.76. The van der Waals surface area contributed by atoms with Gasteiger partial charge in [0, 0.05) is 31.6 Å². The summed E-state index contributed by atoms with van der Waals surface area (Å²) in [5.41, 5.74) is -0.900. The third-order valence-electron chi connectivity index (χ3n) is 7.73. The molecule has 46 heavy (non-hydrogen) atoms. The van der Waals surface area contributed by atoms with Crippen LogP contribution in [0.2, 0.25) is 0 Å². The van der Waals surface area contributed by atoms with Crippen LogP contribution in [-0.2, 0) is 20.9 Å². The number of nitrogens with zero attached hydrogens (tertiary/aromatic N) is 2. The number of rotatable bonds is 13. The Labute approximate surface area is 268 Å². The summed E-state index contributed by atoms with van der Waals surface area (Å²) < 4.78 is 73.1. The molecular weight excluding hydrogens is 621 g/mol. The molecular formula is C32H43F3N6O4S. The monoisotopic (exact) mass is 664 g/mol. The zero-order chi connectivity index (χ0) is 33.4. The van der Waals surface area contributed by atoms with Crippen molar-refractivity contribution in [3.8, 4) is 0 Å². The topological polar surface area (TPSA) is 134 Å². The fraction of sp³-hybridized carbons (Fsp3) is 0.531. The summed E-state index contributed by atoms with van der Waals surface area (Å²) in [6, 6.07) is 12.0. The highest BCUT2D eigenvalue weighted by molar-refractivity contribution is 7.89. The average Bonchev–Trinajstić information content (AvgIpc) is 3.00. The molecule has 0 bridgehead atoms. The average molecular weight is 665 g/mol. The third-order valence-corrected chi connectivity index (χ3v) is 9.21. The van der Waals surface area contributed by atoms with Crippen molar-refractivity contribution in [3.63, 3.8) is 0 Å². The maximum Gasteiger partial charge on any atom is 0.417 e. The lowest BCUT2D eigenvalue weighted by Gasteiger charge is -2.29. The highest BCUT2D eigenvalue weighted by Gasteiger charge is 2.37. The minimum absolute atomic E-state index is 0.0381.